The summed E-state index contributed by atoms with van der Waals surface area (Å²) in [7, 11) is 1.74. The Morgan fingerprint density at radius 2 is 2.44 bits per heavy atom. The van der Waals surface area contributed by atoms with Crippen molar-refractivity contribution in [1.29, 1.82) is 0 Å². The first-order chi connectivity index (χ1) is 7.70. The summed E-state index contributed by atoms with van der Waals surface area (Å²) in [6, 6.07) is 0.354. The van der Waals surface area contributed by atoms with Crippen molar-refractivity contribution in [2.45, 2.75) is 31.4 Å². The van der Waals surface area contributed by atoms with E-state index in [1.54, 1.807) is 7.11 Å². The molecule has 0 saturated heterocycles. The molecule has 1 aromatic rings. The minimum atomic E-state index is -0.0978. The van der Waals surface area contributed by atoms with Gasteiger partial charge in [-0.15, -0.1) is 0 Å². The molecule has 0 bridgehead atoms. The van der Waals surface area contributed by atoms with E-state index in [9.17, 15) is 4.79 Å². The molecule has 1 heterocycles. The quantitative estimate of drug-likeness (QED) is 0.819. The van der Waals surface area contributed by atoms with Crippen LogP contribution in [0.5, 0.6) is 0 Å². The number of nitrogens with zero attached hydrogens (tertiary/aromatic N) is 1. The Morgan fingerprint density at radius 1 is 1.62 bits per heavy atom. The van der Waals surface area contributed by atoms with Gasteiger partial charge in [0.15, 0.2) is 0 Å². The van der Waals surface area contributed by atoms with Crippen molar-refractivity contribution < 1.29 is 4.74 Å². The van der Waals surface area contributed by atoms with Gasteiger partial charge in [-0.05, 0) is 41.9 Å². The third-order valence-corrected chi connectivity index (χ3v) is 3.86. The fraction of sp³-hybridized carbons (Fsp3) is 0.600. The second-order valence-electron chi connectivity index (χ2n) is 3.91. The molecule has 1 fully saturated rings. The summed E-state index contributed by atoms with van der Waals surface area (Å²) in [5, 5.41) is 3.30. The van der Waals surface area contributed by atoms with Crippen LogP contribution in [0.3, 0.4) is 0 Å². The molecule has 2 N–H and O–H groups in total. The lowest BCUT2D eigenvalue weighted by molar-refractivity contribution is 0.108. The number of aromatic nitrogens is 2. The van der Waals surface area contributed by atoms with E-state index in [1.807, 2.05) is 22.6 Å². The minimum Gasteiger partial charge on any atom is -0.381 e. The molecule has 1 aromatic heterocycles. The van der Waals surface area contributed by atoms with Gasteiger partial charge in [-0.25, -0.2) is 4.98 Å². The second kappa shape index (κ2) is 5.13. The predicted molar refractivity (Wildman–Crippen MR) is 69.6 cm³/mol. The number of H-pyrrole nitrogens is 1. The van der Waals surface area contributed by atoms with E-state index in [2.05, 4.69) is 15.3 Å². The normalized spacial score (nSPS) is 24.6. The number of nitrogens with one attached hydrogen (secondary N) is 2. The molecule has 1 aliphatic carbocycles. The maximum absolute atomic E-state index is 11.4. The third-order valence-electron chi connectivity index (χ3n) is 2.86. The Hall–Kier alpha value is -0.630. The molecule has 2 unspecified atom stereocenters. The largest absolute Gasteiger partial charge is 0.381 e. The number of rotatable bonds is 3. The fourth-order valence-electron chi connectivity index (χ4n) is 1.96. The molecule has 88 valence electrons. The maximum Gasteiger partial charge on any atom is 0.266 e. The summed E-state index contributed by atoms with van der Waals surface area (Å²) >= 11 is 2.01. The van der Waals surface area contributed by atoms with Gasteiger partial charge in [0.1, 0.15) is 9.39 Å². The first-order valence-electron chi connectivity index (χ1n) is 5.23. The van der Waals surface area contributed by atoms with Gasteiger partial charge < -0.3 is 15.0 Å². The van der Waals surface area contributed by atoms with Crippen LogP contribution < -0.4 is 10.9 Å². The summed E-state index contributed by atoms with van der Waals surface area (Å²) in [6.45, 7) is 0. The van der Waals surface area contributed by atoms with Gasteiger partial charge in [-0.2, -0.15) is 0 Å². The number of halogens is 1. The van der Waals surface area contributed by atoms with E-state index in [4.69, 9.17) is 4.74 Å². The van der Waals surface area contributed by atoms with E-state index in [1.165, 1.54) is 6.33 Å². The summed E-state index contributed by atoms with van der Waals surface area (Å²) in [6.07, 6.45) is 4.85. The first-order valence-corrected chi connectivity index (χ1v) is 6.31. The number of anilines is 1. The molecule has 2 atom stereocenters. The molecular formula is C10H14IN3O2. The molecule has 0 aromatic carbocycles. The molecule has 16 heavy (non-hydrogen) atoms. The Labute approximate surface area is 107 Å². The van der Waals surface area contributed by atoms with Crippen LogP contribution in [0.1, 0.15) is 19.3 Å². The number of hydrogen-bond donors (Lipinski definition) is 2. The van der Waals surface area contributed by atoms with Crippen LogP contribution in [0.25, 0.3) is 0 Å². The molecule has 1 saturated carbocycles. The van der Waals surface area contributed by atoms with Crippen molar-refractivity contribution in [2.75, 3.05) is 12.4 Å². The zero-order valence-electron chi connectivity index (χ0n) is 9.00. The van der Waals surface area contributed by atoms with E-state index in [0.29, 0.717) is 21.5 Å². The van der Waals surface area contributed by atoms with E-state index >= 15 is 0 Å². The topological polar surface area (TPSA) is 67.0 Å². The highest BCUT2D eigenvalue weighted by Crippen LogP contribution is 2.24. The van der Waals surface area contributed by atoms with Crippen LogP contribution >= 0.6 is 22.6 Å². The average molecular weight is 335 g/mol. The summed E-state index contributed by atoms with van der Waals surface area (Å²) in [5.41, 5.74) is -0.0978. The molecule has 5 nitrogen and oxygen atoms in total. The summed E-state index contributed by atoms with van der Waals surface area (Å²) in [4.78, 5) is 18.1. The highest BCUT2D eigenvalue weighted by Gasteiger charge is 2.25. The van der Waals surface area contributed by atoms with Gasteiger partial charge in [0.25, 0.3) is 5.56 Å². The molecule has 0 aliphatic heterocycles. The van der Waals surface area contributed by atoms with Crippen LogP contribution in [0.4, 0.5) is 5.82 Å². The molecule has 0 spiro atoms. The number of hydrogen-bond acceptors (Lipinski definition) is 4. The van der Waals surface area contributed by atoms with Gasteiger partial charge >= 0.3 is 0 Å². The van der Waals surface area contributed by atoms with E-state index in [0.717, 1.165) is 19.3 Å². The van der Waals surface area contributed by atoms with E-state index < -0.39 is 0 Å². The highest BCUT2D eigenvalue weighted by molar-refractivity contribution is 14.1. The third kappa shape index (κ3) is 2.54. The standard InChI is InChI=1S/C10H14IN3O2/c1-16-7-3-2-6(4-7)14-9-8(11)10(15)13-5-12-9/h5-7H,2-4H2,1H3,(H2,12,13,14,15). The molecule has 2 rings (SSSR count). The molecular weight excluding hydrogens is 321 g/mol. The van der Waals surface area contributed by atoms with Crippen LogP contribution in [0.15, 0.2) is 11.1 Å². The van der Waals surface area contributed by atoms with Gasteiger partial charge in [0.05, 0.1) is 12.4 Å². The fourth-order valence-corrected chi connectivity index (χ4v) is 2.41. The maximum atomic E-state index is 11.4. The van der Waals surface area contributed by atoms with Crippen molar-refractivity contribution in [2.24, 2.45) is 0 Å². The molecule has 1 aliphatic rings. The lowest BCUT2D eigenvalue weighted by atomic mass is 10.2. The number of ether oxygens (including phenoxy) is 1. The average Bonchev–Trinajstić information content (AvgIpc) is 2.73. The monoisotopic (exact) mass is 335 g/mol. The van der Waals surface area contributed by atoms with Crippen LogP contribution in [-0.4, -0.2) is 29.2 Å². The number of aromatic amines is 1. The van der Waals surface area contributed by atoms with E-state index in [-0.39, 0.29) is 5.56 Å². The Bertz CT molecular complexity index is 421. The van der Waals surface area contributed by atoms with Crippen molar-refractivity contribution in [3.63, 3.8) is 0 Å². The van der Waals surface area contributed by atoms with Crippen molar-refractivity contribution >= 4 is 28.4 Å². The smallest absolute Gasteiger partial charge is 0.266 e. The van der Waals surface area contributed by atoms with Gasteiger partial charge in [-0.1, -0.05) is 0 Å². The van der Waals surface area contributed by atoms with Crippen LogP contribution in [-0.2, 0) is 4.74 Å². The summed E-state index contributed by atoms with van der Waals surface area (Å²) < 4.78 is 5.91. The van der Waals surface area contributed by atoms with Crippen molar-refractivity contribution in [3.05, 3.63) is 20.3 Å². The lowest BCUT2D eigenvalue weighted by Gasteiger charge is -2.13. The highest BCUT2D eigenvalue weighted by atomic mass is 127. The van der Waals surface area contributed by atoms with Crippen molar-refractivity contribution in [1.82, 2.24) is 9.97 Å². The SMILES string of the molecule is COC1CCC(Nc2nc[nH]c(=O)c2I)C1. The van der Waals surface area contributed by atoms with Crippen LogP contribution in [0, 0.1) is 3.57 Å². The minimum absolute atomic E-state index is 0.0978. The Morgan fingerprint density at radius 3 is 3.12 bits per heavy atom. The Balaban J connectivity index is 2.05. The number of methoxy groups -OCH3 is 1. The van der Waals surface area contributed by atoms with Crippen LogP contribution in [0.2, 0.25) is 0 Å². The molecule has 6 heteroatoms. The second-order valence-corrected chi connectivity index (χ2v) is 4.99. The molecule has 0 amide bonds. The lowest BCUT2D eigenvalue weighted by Crippen LogP contribution is -2.22. The molecule has 0 radical (unpaired) electrons. The van der Waals surface area contributed by atoms with Crippen molar-refractivity contribution in [3.8, 4) is 0 Å². The first kappa shape index (κ1) is 11.8. The zero-order chi connectivity index (χ0) is 11.5. The van der Waals surface area contributed by atoms with Gasteiger partial charge in [0, 0.05) is 13.2 Å². The zero-order valence-corrected chi connectivity index (χ0v) is 11.2. The van der Waals surface area contributed by atoms with Gasteiger partial charge in [-0.3, -0.25) is 4.79 Å². The van der Waals surface area contributed by atoms with Gasteiger partial charge in [0.2, 0.25) is 0 Å². The predicted octanol–water partition coefficient (Wildman–Crippen LogP) is 1.35. The summed E-state index contributed by atoms with van der Waals surface area (Å²) in [5.74, 6) is 0.672. The Kier molecular flexibility index (Phi) is 3.80.